The van der Waals surface area contributed by atoms with Gasteiger partial charge in [0.15, 0.2) is 17.5 Å². The number of aliphatic hydroxyl groups excluding tert-OH is 1. The first-order chi connectivity index (χ1) is 19.7. The maximum atomic E-state index is 13.7. The molecular weight excluding hydrogens is 541 g/mol. The summed E-state index contributed by atoms with van der Waals surface area (Å²) < 4.78 is 26.9. The van der Waals surface area contributed by atoms with E-state index in [1.54, 1.807) is 39.1 Å². The predicted molar refractivity (Wildman–Crippen MR) is 148 cm³/mol. The van der Waals surface area contributed by atoms with Crippen molar-refractivity contribution in [3.63, 3.8) is 0 Å². The Morgan fingerprint density at radius 2 is 1.81 bits per heavy atom. The fourth-order valence-electron chi connectivity index (χ4n) is 10.9. The molecule has 1 aromatic carbocycles. The minimum Gasteiger partial charge on any atom is -0.451 e. The molecular formula is C31H36BNO9. The molecule has 7 bridgehead atoms. The molecule has 9 rings (SSSR count). The summed E-state index contributed by atoms with van der Waals surface area (Å²) in [6.45, 7) is 11.0. The number of H-pyrrole nitrogens is 1. The highest BCUT2D eigenvalue weighted by Gasteiger charge is 3.12. The molecule has 3 aliphatic heterocycles. The largest absolute Gasteiger partial charge is 0.495 e. The number of aromatic amines is 1. The maximum absolute atomic E-state index is 13.7. The number of aromatic nitrogens is 1. The van der Waals surface area contributed by atoms with E-state index in [0.29, 0.717) is 23.9 Å². The van der Waals surface area contributed by atoms with E-state index in [4.69, 9.17) is 18.8 Å². The molecule has 10 atom stereocenters. The van der Waals surface area contributed by atoms with Crippen molar-refractivity contribution in [1.29, 1.82) is 0 Å². The maximum Gasteiger partial charge on any atom is 0.495 e. The van der Waals surface area contributed by atoms with Gasteiger partial charge in [0.25, 0.3) is 0 Å². The van der Waals surface area contributed by atoms with Gasteiger partial charge < -0.3 is 44.2 Å². The third-order valence-corrected chi connectivity index (χ3v) is 12.5. The molecule has 7 aliphatic rings. The minimum atomic E-state index is -2.32. The zero-order valence-electron chi connectivity index (χ0n) is 24.1. The van der Waals surface area contributed by atoms with Crippen LogP contribution in [0.3, 0.4) is 0 Å². The Kier molecular flexibility index (Phi) is 4.77. The van der Waals surface area contributed by atoms with Crippen LogP contribution >= 0.6 is 0 Å². The van der Waals surface area contributed by atoms with Crippen LogP contribution in [-0.4, -0.2) is 84.5 Å². The van der Waals surface area contributed by atoms with Gasteiger partial charge in [-0.1, -0.05) is 57.7 Å². The van der Waals surface area contributed by atoms with Crippen LogP contribution in [0.2, 0.25) is 0 Å². The first-order valence-corrected chi connectivity index (χ1v) is 14.7. The van der Waals surface area contributed by atoms with Crippen LogP contribution in [0.1, 0.15) is 57.4 Å². The number of ether oxygens (including phenoxy) is 2. The van der Waals surface area contributed by atoms with Gasteiger partial charge in [0.05, 0.1) is 11.0 Å². The molecule has 222 valence electrons. The summed E-state index contributed by atoms with van der Waals surface area (Å²) >= 11 is 0. The van der Waals surface area contributed by atoms with Gasteiger partial charge in [-0.2, -0.15) is 0 Å². The molecule has 0 radical (unpaired) electrons. The van der Waals surface area contributed by atoms with Crippen LogP contribution < -0.4 is 5.46 Å². The van der Waals surface area contributed by atoms with E-state index < -0.39 is 75.8 Å². The number of carbonyl (C=O) groups excluding carboxylic acids is 1. The van der Waals surface area contributed by atoms with Gasteiger partial charge in [0, 0.05) is 18.0 Å². The van der Waals surface area contributed by atoms with E-state index >= 15 is 0 Å². The SMILES string of the molecule is C=C1CCC23OB(c4ccccc4)OC45C(OC(=O)c6ccc[nH]6)C(O)(C(C)C)C6(C)C(O)(CC24C)OC3(C1O)C56O. The van der Waals surface area contributed by atoms with Crippen molar-refractivity contribution < 1.29 is 44.0 Å². The molecule has 11 heteroatoms. The third-order valence-electron chi connectivity index (χ3n) is 12.5. The molecule has 3 spiro atoms. The van der Waals surface area contributed by atoms with Gasteiger partial charge in [-0.3, -0.25) is 0 Å². The van der Waals surface area contributed by atoms with E-state index in [1.165, 1.54) is 0 Å². The highest BCUT2D eigenvalue weighted by molar-refractivity contribution is 6.61. The van der Waals surface area contributed by atoms with E-state index in [2.05, 4.69) is 11.6 Å². The van der Waals surface area contributed by atoms with Crippen molar-refractivity contribution in [1.82, 2.24) is 4.98 Å². The summed E-state index contributed by atoms with van der Waals surface area (Å²) in [6, 6.07) is 12.4. The second-order valence-corrected chi connectivity index (χ2v) is 13.9. The van der Waals surface area contributed by atoms with Gasteiger partial charge in [-0.05, 0) is 48.9 Å². The van der Waals surface area contributed by atoms with Crippen molar-refractivity contribution in [3.8, 4) is 0 Å². The lowest BCUT2D eigenvalue weighted by atomic mass is 9.51. The molecule has 1 aromatic heterocycles. The number of benzene rings is 1. The quantitative estimate of drug-likeness (QED) is 0.205. The molecule has 7 fully saturated rings. The van der Waals surface area contributed by atoms with Crippen LogP contribution in [0.25, 0.3) is 0 Å². The van der Waals surface area contributed by atoms with Gasteiger partial charge in [-0.15, -0.1) is 0 Å². The fraction of sp³-hybridized carbons (Fsp3) is 0.581. The molecule has 4 saturated carbocycles. The molecule has 10 unspecified atom stereocenters. The number of hydrogen-bond acceptors (Lipinski definition) is 9. The van der Waals surface area contributed by atoms with Gasteiger partial charge >= 0.3 is 13.1 Å². The van der Waals surface area contributed by atoms with E-state index in [0.717, 1.165) is 0 Å². The van der Waals surface area contributed by atoms with E-state index in [-0.39, 0.29) is 12.1 Å². The van der Waals surface area contributed by atoms with Crippen LogP contribution in [-0.2, 0) is 18.8 Å². The van der Waals surface area contributed by atoms with Crippen LogP contribution in [0.5, 0.6) is 0 Å². The van der Waals surface area contributed by atoms with Crippen molar-refractivity contribution in [3.05, 3.63) is 66.5 Å². The van der Waals surface area contributed by atoms with Crippen LogP contribution in [0.15, 0.2) is 60.8 Å². The summed E-state index contributed by atoms with van der Waals surface area (Å²) in [7, 11) is -1.08. The highest BCUT2D eigenvalue weighted by atomic mass is 16.7. The van der Waals surface area contributed by atoms with Crippen molar-refractivity contribution >= 4 is 18.6 Å². The monoisotopic (exact) mass is 577 g/mol. The summed E-state index contributed by atoms with van der Waals surface area (Å²) in [5.74, 6) is -3.59. The Hall–Kier alpha value is -2.51. The molecule has 2 aromatic rings. The third kappa shape index (κ3) is 2.15. The Morgan fingerprint density at radius 1 is 1.10 bits per heavy atom. The zero-order chi connectivity index (χ0) is 29.9. The number of aliphatic hydroxyl groups is 4. The van der Waals surface area contributed by atoms with Crippen LogP contribution in [0, 0.1) is 16.7 Å². The lowest BCUT2D eigenvalue weighted by Crippen LogP contribution is -2.79. The molecule has 10 nitrogen and oxygen atoms in total. The standard InChI is InChI=1S/C31H36BNO9/c1-17(2)28(37)23(39-22(35)20-12-9-15-33-20)30-24(4)16-27(36)25(28,5)31(30,38)29(40-27)21(34)18(3)13-14-26(24,29)41-32(42-30)19-10-7-6-8-11-19/h6-12,15,17,21,23,33-34,36-38H,3,13-14,16H2,1-2,4-5H3. The smallest absolute Gasteiger partial charge is 0.451 e. The molecule has 4 aliphatic carbocycles. The molecule has 42 heavy (non-hydrogen) atoms. The molecule has 4 heterocycles. The number of hydrogen-bond donors (Lipinski definition) is 5. The average Bonchev–Trinajstić information content (AvgIpc) is 3.56. The lowest BCUT2D eigenvalue weighted by molar-refractivity contribution is -0.387. The average molecular weight is 577 g/mol. The molecule has 3 saturated heterocycles. The molecule has 5 N–H and O–H groups in total. The minimum absolute atomic E-state index is 0.104. The fourth-order valence-corrected chi connectivity index (χ4v) is 10.9. The normalized spacial score (nSPS) is 51.4. The second-order valence-electron chi connectivity index (χ2n) is 13.9. The summed E-state index contributed by atoms with van der Waals surface area (Å²) in [5, 5.41) is 51.4. The van der Waals surface area contributed by atoms with Crippen molar-refractivity contribution in [2.45, 2.75) is 93.0 Å². The number of rotatable bonds is 4. The van der Waals surface area contributed by atoms with E-state index in [9.17, 15) is 25.2 Å². The zero-order valence-corrected chi connectivity index (χ0v) is 24.1. The topological polar surface area (TPSA) is 151 Å². The Morgan fingerprint density at radius 3 is 2.45 bits per heavy atom. The van der Waals surface area contributed by atoms with Crippen LogP contribution in [0.4, 0.5) is 0 Å². The van der Waals surface area contributed by atoms with Gasteiger partial charge in [-0.25, -0.2) is 4.79 Å². The Labute approximate surface area is 243 Å². The lowest BCUT2D eigenvalue weighted by Gasteiger charge is -2.65. The summed E-state index contributed by atoms with van der Waals surface area (Å²) in [4.78, 5) is 16.6. The second kappa shape index (κ2) is 7.40. The molecule has 0 amide bonds. The Bertz CT molecular complexity index is 1540. The first-order valence-electron chi connectivity index (χ1n) is 14.7. The summed E-state index contributed by atoms with van der Waals surface area (Å²) in [5.41, 5.74) is -11.8. The number of nitrogens with one attached hydrogen (secondary N) is 1. The van der Waals surface area contributed by atoms with Crippen molar-refractivity contribution in [2.24, 2.45) is 16.7 Å². The number of carbonyl (C=O) groups is 1. The highest BCUT2D eigenvalue weighted by Crippen LogP contribution is 2.92. The van der Waals surface area contributed by atoms with Crippen molar-refractivity contribution in [2.75, 3.05) is 0 Å². The number of esters is 1. The Balaban J connectivity index is 1.49. The van der Waals surface area contributed by atoms with E-state index in [1.807, 2.05) is 37.3 Å². The van der Waals surface area contributed by atoms with Gasteiger partial charge in [0.2, 0.25) is 0 Å². The summed E-state index contributed by atoms with van der Waals surface area (Å²) in [6.07, 6.45) is -0.853. The van der Waals surface area contributed by atoms with Gasteiger partial charge in [0.1, 0.15) is 28.6 Å². The first kappa shape index (κ1) is 27.1. The predicted octanol–water partition coefficient (Wildman–Crippen LogP) is 1.19.